The zero-order valence-corrected chi connectivity index (χ0v) is 8.14. The van der Waals surface area contributed by atoms with Crippen molar-refractivity contribution < 1.29 is 9.53 Å². The lowest BCUT2D eigenvalue weighted by Crippen LogP contribution is -2.30. The lowest BCUT2D eigenvalue weighted by molar-refractivity contribution is 0.139. The van der Waals surface area contributed by atoms with Crippen molar-refractivity contribution in [2.75, 3.05) is 19.6 Å². The Morgan fingerprint density at radius 3 is 3.08 bits per heavy atom. The molecule has 13 heavy (non-hydrogen) atoms. The SMILES string of the molecule is CCCCCNCC1CNC(=O)O1. The topological polar surface area (TPSA) is 50.4 Å². The highest BCUT2D eigenvalue weighted by Crippen LogP contribution is 1.98. The summed E-state index contributed by atoms with van der Waals surface area (Å²) < 4.78 is 4.96. The van der Waals surface area contributed by atoms with E-state index in [0.717, 1.165) is 13.1 Å². The van der Waals surface area contributed by atoms with Gasteiger partial charge in [0.1, 0.15) is 6.10 Å². The molecule has 0 aromatic heterocycles. The van der Waals surface area contributed by atoms with Gasteiger partial charge >= 0.3 is 6.09 Å². The van der Waals surface area contributed by atoms with Gasteiger partial charge in [0.15, 0.2) is 0 Å². The lowest BCUT2D eigenvalue weighted by atomic mass is 10.2. The van der Waals surface area contributed by atoms with Crippen molar-refractivity contribution in [2.24, 2.45) is 0 Å². The molecule has 0 aromatic carbocycles. The largest absolute Gasteiger partial charge is 0.443 e. The van der Waals surface area contributed by atoms with E-state index in [2.05, 4.69) is 17.6 Å². The summed E-state index contributed by atoms with van der Waals surface area (Å²) in [6.45, 7) is 4.60. The van der Waals surface area contributed by atoms with E-state index in [0.29, 0.717) is 6.54 Å². The number of hydrogen-bond acceptors (Lipinski definition) is 3. The van der Waals surface area contributed by atoms with E-state index in [-0.39, 0.29) is 12.2 Å². The van der Waals surface area contributed by atoms with Gasteiger partial charge in [-0.2, -0.15) is 0 Å². The number of carbonyl (C=O) groups excluding carboxylic acids is 1. The molecule has 0 saturated carbocycles. The third kappa shape index (κ3) is 4.12. The third-order valence-electron chi connectivity index (χ3n) is 2.08. The highest BCUT2D eigenvalue weighted by atomic mass is 16.6. The fraction of sp³-hybridized carbons (Fsp3) is 0.889. The molecular formula is C9H18N2O2. The van der Waals surface area contributed by atoms with Gasteiger partial charge < -0.3 is 15.4 Å². The van der Waals surface area contributed by atoms with Crippen molar-refractivity contribution in [3.63, 3.8) is 0 Å². The van der Waals surface area contributed by atoms with Crippen LogP contribution in [0, 0.1) is 0 Å². The number of amides is 1. The number of nitrogens with one attached hydrogen (secondary N) is 2. The first-order chi connectivity index (χ1) is 6.33. The zero-order chi connectivity index (χ0) is 9.52. The Kier molecular flexibility index (Phi) is 4.60. The van der Waals surface area contributed by atoms with Gasteiger partial charge in [0.25, 0.3) is 0 Å². The Balaban J connectivity index is 1.91. The van der Waals surface area contributed by atoms with Crippen LogP contribution in [0.2, 0.25) is 0 Å². The van der Waals surface area contributed by atoms with Crippen molar-refractivity contribution in [3.8, 4) is 0 Å². The van der Waals surface area contributed by atoms with Gasteiger partial charge in [-0.25, -0.2) is 4.79 Å². The van der Waals surface area contributed by atoms with Crippen molar-refractivity contribution in [1.29, 1.82) is 0 Å². The third-order valence-corrected chi connectivity index (χ3v) is 2.08. The van der Waals surface area contributed by atoms with E-state index >= 15 is 0 Å². The Hall–Kier alpha value is -0.770. The Morgan fingerprint density at radius 1 is 1.62 bits per heavy atom. The predicted molar refractivity (Wildman–Crippen MR) is 50.7 cm³/mol. The normalized spacial score (nSPS) is 21.3. The minimum absolute atomic E-state index is 0.0223. The molecule has 0 aliphatic carbocycles. The van der Waals surface area contributed by atoms with Gasteiger partial charge in [-0.3, -0.25) is 0 Å². The summed E-state index contributed by atoms with van der Waals surface area (Å²) in [5, 5.41) is 5.89. The summed E-state index contributed by atoms with van der Waals surface area (Å²) in [6, 6.07) is 0. The minimum atomic E-state index is -0.291. The van der Waals surface area contributed by atoms with Crippen LogP contribution in [0.25, 0.3) is 0 Å². The molecule has 0 radical (unpaired) electrons. The van der Waals surface area contributed by atoms with Crippen LogP contribution in [0.5, 0.6) is 0 Å². The molecule has 4 heteroatoms. The number of cyclic esters (lactones) is 1. The zero-order valence-electron chi connectivity index (χ0n) is 8.14. The lowest BCUT2D eigenvalue weighted by Gasteiger charge is -2.08. The standard InChI is InChI=1S/C9H18N2O2/c1-2-3-4-5-10-6-8-7-11-9(12)13-8/h8,10H,2-7H2,1H3,(H,11,12). The van der Waals surface area contributed by atoms with Crippen molar-refractivity contribution in [2.45, 2.75) is 32.3 Å². The van der Waals surface area contributed by atoms with E-state index in [9.17, 15) is 4.79 Å². The van der Waals surface area contributed by atoms with Crippen LogP contribution in [0.3, 0.4) is 0 Å². The Labute approximate surface area is 79.0 Å². The number of unbranched alkanes of at least 4 members (excludes halogenated alkanes) is 2. The molecule has 0 spiro atoms. The quantitative estimate of drug-likeness (QED) is 0.605. The van der Waals surface area contributed by atoms with E-state index < -0.39 is 0 Å². The Bertz CT molecular complexity index is 162. The molecule has 1 saturated heterocycles. The van der Waals surface area contributed by atoms with E-state index in [4.69, 9.17) is 4.74 Å². The maximum absolute atomic E-state index is 10.6. The van der Waals surface area contributed by atoms with Crippen LogP contribution in [0.4, 0.5) is 4.79 Å². The summed E-state index contributed by atoms with van der Waals surface area (Å²) in [7, 11) is 0. The minimum Gasteiger partial charge on any atom is -0.443 e. The van der Waals surface area contributed by atoms with Gasteiger partial charge in [-0.15, -0.1) is 0 Å². The maximum atomic E-state index is 10.6. The maximum Gasteiger partial charge on any atom is 0.407 e. The van der Waals surface area contributed by atoms with Gasteiger partial charge in [0, 0.05) is 6.54 Å². The van der Waals surface area contributed by atoms with Crippen LogP contribution in [0.15, 0.2) is 0 Å². The highest BCUT2D eigenvalue weighted by molar-refractivity contribution is 5.69. The van der Waals surface area contributed by atoms with Crippen LogP contribution >= 0.6 is 0 Å². The second-order valence-electron chi connectivity index (χ2n) is 3.32. The summed E-state index contributed by atoms with van der Waals surface area (Å²) >= 11 is 0. The average molecular weight is 186 g/mol. The van der Waals surface area contributed by atoms with E-state index in [1.807, 2.05) is 0 Å². The molecule has 1 aliphatic rings. The number of rotatable bonds is 6. The first-order valence-electron chi connectivity index (χ1n) is 4.98. The molecule has 1 amide bonds. The molecule has 1 unspecified atom stereocenters. The first-order valence-corrected chi connectivity index (χ1v) is 4.98. The predicted octanol–water partition coefficient (Wildman–Crippen LogP) is 0.875. The molecule has 2 N–H and O–H groups in total. The highest BCUT2D eigenvalue weighted by Gasteiger charge is 2.21. The second kappa shape index (κ2) is 5.80. The molecule has 0 bridgehead atoms. The number of ether oxygens (including phenoxy) is 1. The number of hydrogen-bond donors (Lipinski definition) is 2. The summed E-state index contributed by atoms with van der Waals surface area (Å²) in [4.78, 5) is 10.6. The summed E-state index contributed by atoms with van der Waals surface area (Å²) in [6.07, 6.45) is 3.43. The van der Waals surface area contributed by atoms with Crippen molar-refractivity contribution in [3.05, 3.63) is 0 Å². The molecule has 1 atom stereocenters. The number of carbonyl (C=O) groups is 1. The first kappa shape index (κ1) is 10.3. The van der Waals surface area contributed by atoms with Crippen LogP contribution < -0.4 is 10.6 Å². The van der Waals surface area contributed by atoms with Crippen LogP contribution in [-0.4, -0.2) is 31.8 Å². The van der Waals surface area contributed by atoms with Gasteiger partial charge in [-0.1, -0.05) is 19.8 Å². The molecular weight excluding hydrogens is 168 g/mol. The molecule has 1 aliphatic heterocycles. The van der Waals surface area contributed by atoms with E-state index in [1.165, 1.54) is 19.3 Å². The summed E-state index contributed by atoms with van der Waals surface area (Å²) in [5.74, 6) is 0. The van der Waals surface area contributed by atoms with Gasteiger partial charge in [0.2, 0.25) is 0 Å². The van der Waals surface area contributed by atoms with Crippen LogP contribution in [-0.2, 0) is 4.74 Å². The fourth-order valence-corrected chi connectivity index (χ4v) is 1.31. The molecule has 76 valence electrons. The van der Waals surface area contributed by atoms with Crippen molar-refractivity contribution >= 4 is 6.09 Å². The molecule has 4 nitrogen and oxygen atoms in total. The Morgan fingerprint density at radius 2 is 2.46 bits per heavy atom. The second-order valence-corrected chi connectivity index (χ2v) is 3.32. The smallest absolute Gasteiger partial charge is 0.407 e. The molecule has 0 aromatic rings. The van der Waals surface area contributed by atoms with Crippen LogP contribution in [0.1, 0.15) is 26.2 Å². The monoisotopic (exact) mass is 186 g/mol. The van der Waals surface area contributed by atoms with Crippen molar-refractivity contribution in [1.82, 2.24) is 10.6 Å². The van der Waals surface area contributed by atoms with E-state index in [1.54, 1.807) is 0 Å². The molecule has 1 heterocycles. The average Bonchev–Trinajstić information content (AvgIpc) is 2.51. The van der Waals surface area contributed by atoms with Gasteiger partial charge in [0.05, 0.1) is 6.54 Å². The number of alkyl carbamates (subject to hydrolysis) is 1. The summed E-state index contributed by atoms with van der Waals surface area (Å²) in [5.41, 5.74) is 0. The van der Waals surface area contributed by atoms with Gasteiger partial charge in [-0.05, 0) is 13.0 Å². The fourth-order valence-electron chi connectivity index (χ4n) is 1.31. The molecule has 1 fully saturated rings. The molecule has 1 rings (SSSR count).